The van der Waals surface area contributed by atoms with Crippen LogP contribution in [0.5, 0.6) is 0 Å². The number of fused-ring (bicyclic) bond motifs is 8. The van der Waals surface area contributed by atoms with E-state index in [9.17, 15) is 0 Å². The van der Waals surface area contributed by atoms with Gasteiger partial charge >= 0.3 is 0 Å². The fourth-order valence-electron chi connectivity index (χ4n) is 23.2. The average molecular weight is 1780 g/mol. The number of aryl methyl sites for hydroxylation is 8. The third-order valence-corrected chi connectivity index (χ3v) is 30.0. The van der Waals surface area contributed by atoms with Crippen LogP contribution < -0.4 is 52.4 Å². The van der Waals surface area contributed by atoms with Crippen molar-refractivity contribution in [3.8, 4) is 89.0 Å². The van der Waals surface area contributed by atoms with Crippen LogP contribution in [0, 0.1) is 55.4 Å². The van der Waals surface area contributed by atoms with E-state index in [0.29, 0.717) is 0 Å². The molecule has 0 atom stereocenters. The second kappa shape index (κ2) is 33.9. The molecule has 18 aromatic carbocycles. The second-order valence-corrected chi connectivity index (χ2v) is 43.5. The maximum atomic E-state index is 2.71. The molecule has 0 amide bonds. The lowest BCUT2D eigenvalue weighted by molar-refractivity contribution is 0.523. The molecule has 0 radical (unpaired) electrons. The summed E-state index contributed by atoms with van der Waals surface area (Å²) < 4.78 is 0. The highest BCUT2D eigenvalue weighted by atomic mass is 15.2. The van der Waals surface area contributed by atoms with Crippen molar-refractivity contribution in [2.45, 2.75) is 160 Å². The highest BCUT2D eigenvalue weighted by Crippen LogP contribution is 2.58. The molecule has 0 aliphatic carbocycles. The molecule has 0 fully saturated rings. The molecule has 4 heterocycles. The zero-order valence-corrected chi connectivity index (χ0v) is 83.4. The van der Waals surface area contributed by atoms with E-state index < -0.39 is 5.41 Å². The normalized spacial score (nSPS) is 13.1. The summed E-state index contributed by atoms with van der Waals surface area (Å²) in [6.07, 6.45) is 0.753. The Kier molecular flexibility index (Phi) is 21.8. The lowest BCUT2D eigenvalue weighted by atomic mass is 9.33. The average Bonchev–Trinajstić information content (AvgIpc) is 0.713. The Bertz CT molecular complexity index is 7900. The second-order valence-electron chi connectivity index (χ2n) is 43.5. The third kappa shape index (κ3) is 15.3. The van der Waals surface area contributed by atoms with E-state index in [0.717, 1.165) is 40.4 Å². The SMILES string of the molecule is Cc1ccc2c(c1)B1c3cc(C)ccc3N(c3c(-c4cccc(CC(C)(C)c5ccc6c(c5)B5c7cc(C(C)(C)C)ccc7N(c7c(-c8ccccc8)cc(C)cc7-c7ccc(C(C)(C)C)cc7)c7cccc(c75)N6c5c(-c6ccccc6)cc(C)cc5-c5ccc(C(C)(C)C)cc5)c4)cc(C)cc3-c3ccccc3C)c3cccc(c31)N2c1c(-c2ccccc2)cc(C)cc1-c1ccccc1C. The summed E-state index contributed by atoms with van der Waals surface area (Å²) in [6.45, 7) is 44.0. The minimum atomic E-state index is -0.432. The van der Waals surface area contributed by atoms with Gasteiger partial charge < -0.3 is 19.6 Å². The molecule has 674 valence electrons. The predicted molar refractivity (Wildman–Crippen MR) is 595 cm³/mol. The van der Waals surface area contributed by atoms with Crippen LogP contribution in [0.3, 0.4) is 0 Å². The first-order valence-electron chi connectivity index (χ1n) is 49.5. The summed E-state index contributed by atoms with van der Waals surface area (Å²) >= 11 is 0. The zero-order valence-electron chi connectivity index (χ0n) is 83.4. The summed E-state index contributed by atoms with van der Waals surface area (Å²) in [5.74, 6) is 0. The van der Waals surface area contributed by atoms with Gasteiger partial charge in [0.15, 0.2) is 0 Å². The molecule has 0 saturated carbocycles. The highest BCUT2D eigenvalue weighted by molar-refractivity contribution is 7.01. The smallest absolute Gasteiger partial charge is 0.252 e. The van der Waals surface area contributed by atoms with Gasteiger partial charge in [-0.3, -0.25) is 0 Å². The topological polar surface area (TPSA) is 13.0 Å². The third-order valence-electron chi connectivity index (χ3n) is 30.0. The molecule has 0 spiro atoms. The number of anilines is 12. The first-order chi connectivity index (χ1) is 66.4. The van der Waals surface area contributed by atoms with Crippen molar-refractivity contribution in [2.75, 3.05) is 19.6 Å². The standard InChI is InChI=1S/C132H120B2N4/c1-82-52-64-115-111(76-82)133-112-77-83(2)53-65-116(112)138(122-51-35-50-121(123(122)133)137(115)127-105(93-43-27-22-28-44-93)72-86(5)74-109(127)101-46-31-29-36-88(101)7)128-108(73-87(6)75-110(128)102-47-32-30-37-89(102)8)96-45-33-38-90(78-96)81-132(18,19)100-63-67-118-114(80-100)134-113-79-99(131(15,16)17)62-66-117(113)135(125-103(91-39-23-20-24-40-91)68-84(3)70-106(125)94-54-58-97(59-55-94)129(9,10)11)119-48-34-49-120(124(119)134)136(118)126-104(92-41-25-21-26-42-92)69-85(4)71-107(126)95-56-60-98(61-57-95)130(12,13)14/h20-80H,81H2,1-19H3. The Hall–Kier alpha value is -14.7. The Morgan fingerprint density at radius 3 is 0.826 bits per heavy atom. The van der Waals surface area contributed by atoms with Gasteiger partial charge in [-0.25, -0.2) is 0 Å². The molecular weight excluding hydrogens is 1660 g/mol. The number of benzene rings is 18. The monoisotopic (exact) mass is 1780 g/mol. The minimum absolute atomic E-state index is 0.0317. The summed E-state index contributed by atoms with van der Waals surface area (Å²) in [4.78, 5) is 10.7. The largest absolute Gasteiger partial charge is 0.310 e. The molecule has 6 heteroatoms. The van der Waals surface area contributed by atoms with E-state index in [1.807, 2.05) is 0 Å². The van der Waals surface area contributed by atoms with Crippen molar-refractivity contribution in [1.29, 1.82) is 0 Å². The zero-order chi connectivity index (χ0) is 95.4. The molecule has 138 heavy (non-hydrogen) atoms. The van der Waals surface area contributed by atoms with Gasteiger partial charge in [0, 0.05) is 90.0 Å². The Labute approximate surface area is 819 Å². The first kappa shape index (κ1) is 88.6. The van der Waals surface area contributed by atoms with Crippen molar-refractivity contribution in [2.24, 2.45) is 0 Å². The molecule has 0 saturated heterocycles. The van der Waals surface area contributed by atoms with Crippen LogP contribution in [0.4, 0.5) is 68.2 Å². The number of rotatable bonds is 15. The van der Waals surface area contributed by atoms with Gasteiger partial charge in [0.1, 0.15) is 0 Å². The van der Waals surface area contributed by atoms with Gasteiger partial charge in [0.25, 0.3) is 13.4 Å². The van der Waals surface area contributed by atoms with Gasteiger partial charge in [-0.05, 0) is 319 Å². The Morgan fingerprint density at radius 1 is 0.196 bits per heavy atom. The lowest BCUT2D eigenvalue weighted by Crippen LogP contribution is -2.61. The molecule has 22 rings (SSSR count). The summed E-state index contributed by atoms with van der Waals surface area (Å²) in [7, 11) is 0. The van der Waals surface area contributed by atoms with Crippen LogP contribution in [-0.4, -0.2) is 13.4 Å². The summed E-state index contributed by atoms with van der Waals surface area (Å²) in [5, 5.41) is 0. The first-order valence-corrected chi connectivity index (χ1v) is 49.5. The highest BCUT2D eigenvalue weighted by Gasteiger charge is 2.49. The molecule has 4 aliphatic rings. The fraction of sp³-hybridized carbons (Fsp3) is 0.182. The number of hydrogen-bond acceptors (Lipinski definition) is 4. The maximum Gasteiger partial charge on any atom is 0.252 e. The van der Waals surface area contributed by atoms with Crippen molar-refractivity contribution in [3.63, 3.8) is 0 Å². The maximum absolute atomic E-state index is 2.71. The Morgan fingerprint density at radius 2 is 0.471 bits per heavy atom. The molecule has 0 unspecified atom stereocenters. The van der Waals surface area contributed by atoms with Crippen LogP contribution in [0.1, 0.15) is 148 Å². The van der Waals surface area contributed by atoms with Gasteiger partial charge in [-0.1, -0.05) is 360 Å². The van der Waals surface area contributed by atoms with E-state index in [1.165, 1.54) is 228 Å². The van der Waals surface area contributed by atoms with Gasteiger partial charge in [-0.2, -0.15) is 0 Å². The van der Waals surface area contributed by atoms with Crippen molar-refractivity contribution >= 4 is 114 Å². The van der Waals surface area contributed by atoms with E-state index in [-0.39, 0.29) is 29.7 Å². The molecular formula is C132H120B2N4. The van der Waals surface area contributed by atoms with Crippen LogP contribution in [-0.2, 0) is 28.1 Å². The van der Waals surface area contributed by atoms with Gasteiger partial charge in [-0.15, -0.1) is 0 Å². The molecule has 18 aromatic rings. The van der Waals surface area contributed by atoms with Gasteiger partial charge in [0.05, 0.1) is 22.7 Å². The number of hydrogen-bond donors (Lipinski definition) is 0. The van der Waals surface area contributed by atoms with Crippen molar-refractivity contribution < 1.29 is 0 Å². The fourth-order valence-corrected chi connectivity index (χ4v) is 23.2. The lowest BCUT2D eigenvalue weighted by Gasteiger charge is -2.46. The molecule has 0 bridgehead atoms. The molecule has 4 nitrogen and oxygen atoms in total. The van der Waals surface area contributed by atoms with E-state index >= 15 is 0 Å². The van der Waals surface area contributed by atoms with Crippen molar-refractivity contribution in [1.82, 2.24) is 0 Å². The Balaban J connectivity index is 0.752. The minimum Gasteiger partial charge on any atom is -0.310 e. The van der Waals surface area contributed by atoms with E-state index in [1.54, 1.807) is 0 Å². The van der Waals surface area contributed by atoms with Crippen LogP contribution >= 0.6 is 0 Å². The van der Waals surface area contributed by atoms with E-state index in [4.69, 9.17) is 0 Å². The van der Waals surface area contributed by atoms with Gasteiger partial charge in [0.2, 0.25) is 0 Å². The molecule has 0 aromatic heterocycles. The van der Waals surface area contributed by atoms with Crippen LogP contribution in [0.25, 0.3) is 89.0 Å². The van der Waals surface area contributed by atoms with E-state index in [2.05, 4.69) is 521 Å². The summed E-state index contributed by atoms with van der Waals surface area (Å²) in [5.41, 5.74) is 56.2. The quantitative estimate of drug-likeness (QED) is 0.0949. The predicted octanol–water partition coefficient (Wildman–Crippen LogP) is 32.1. The van der Waals surface area contributed by atoms with Crippen LogP contribution in [0.2, 0.25) is 0 Å². The molecule has 0 N–H and O–H groups in total. The van der Waals surface area contributed by atoms with Crippen LogP contribution in [0.15, 0.2) is 370 Å². The molecule has 4 aliphatic heterocycles. The van der Waals surface area contributed by atoms with Crippen molar-refractivity contribution in [3.05, 3.63) is 442 Å². The summed E-state index contributed by atoms with van der Waals surface area (Å²) in [6, 6.07) is 144. The number of nitrogens with zero attached hydrogens (tertiary/aromatic N) is 4.